The molecule has 2 rings (SSSR count). The van der Waals surface area contributed by atoms with Crippen LogP contribution < -0.4 is 10.1 Å². The smallest absolute Gasteiger partial charge is 0.266 e. The zero-order chi connectivity index (χ0) is 16.8. The average Bonchev–Trinajstić information content (AvgIpc) is 2.56. The summed E-state index contributed by atoms with van der Waals surface area (Å²) in [5.41, 5.74) is 0.576. The van der Waals surface area contributed by atoms with Crippen molar-refractivity contribution in [2.75, 3.05) is 12.4 Å². The molecule has 6 nitrogen and oxygen atoms in total. The van der Waals surface area contributed by atoms with E-state index in [0.29, 0.717) is 5.56 Å². The normalized spacial score (nSPS) is 10.7. The molecule has 0 bridgehead atoms. The quantitative estimate of drug-likeness (QED) is 0.457. The number of ether oxygens (including phenoxy) is 1. The third-order valence-electron chi connectivity index (χ3n) is 3.03. The zero-order valence-electron chi connectivity index (χ0n) is 12.3. The number of carbonyl (C=O) groups is 1. The number of methoxy groups -OCH3 is 1. The van der Waals surface area contributed by atoms with E-state index in [-0.39, 0.29) is 28.5 Å². The van der Waals surface area contributed by atoms with Gasteiger partial charge in [-0.3, -0.25) is 4.79 Å². The number of hydrogen-bond donors (Lipinski definition) is 3. The van der Waals surface area contributed by atoms with Gasteiger partial charge in [0.2, 0.25) is 0 Å². The number of aromatic hydroxyl groups is 2. The minimum atomic E-state index is -0.652. The van der Waals surface area contributed by atoms with Crippen molar-refractivity contribution in [3.63, 3.8) is 0 Å². The fourth-order valence-corrected chi connectivity index (χ4v) is 1.87. The predicted molar refractivity (Wildman–Crippen MR) is 85.0 cm³/mol. The van der Waals surface area contributed by atoms with E-state index < -0.39 is 5.91 Å². The van der Waals surface area contributed by atoms with Gasteiger partial charge in [0.1, 0.15) is 17.4 Å². The Bertz CT molecular complexity index is 806. The van der Waals surface area contributed by atoms with E-state index in [1.807, 2.05) is 0 Å². The highest BCUT2D eigenvalue weighted by molar-refractivity contribution is 6.10. The van der Waals surface area contributed by atoms with Gasteiger partial charge in [0.25, 0.3) is 5.91 Å². The Morgan fingerprint density at radius 3 is 2.61 bits per heavy atom. The van der Waals surface area contributed by atoms with Crippen LogP contribution in [-0.4, -0.2) is 23.2 Å². The van der Waals surface area contributed by atoms with Gasteiger partial charge in [-0.2, -0.15) is 5.26 Å². The van der Waals surface area contributed by atoms with E-state index in [0.717, 1.165) is 0 Å². The number of phenols is 2. The Kier molecular flexibility index (Phi) is 4.85. The SMILES string of the molecule is COc1cc(C=C(C#N)C(=O)Nc2ccccc2O)ccc1O. The van der Waals surface area contributed by atoms with E-state index in [1.54, 1.807) is 24.3 Å². The summed E-state index contributed by atoms with van der Waals surface area (Å²) >= 11 is 0. The molecule has 0 unspecified atom stereocenters. The highest BCUT2D eigenvalue weighted by Crippen LogP contribution is 2.27. The van der Waals surface area contributed by atoms with Crippen molar-refractivity contribution in [3.05, 3.63) is 53.6 Å². The lowest BCUT2D eigenvalue weighted by atomic mass is 10.1. The van der Waals surface area contributed by atoms with Crippen LogP contribution in [0.1, 0.15) is 5.56 Å². The van der Waals surface area contributed by atoms with Crippen molar-refractivity contribution >= 4 is 17.7 Å². The molecule has 0 aliphatic carbocycles. The maximum absolute atomic E-state index is 12.1. The first-order chi connectivity index (χ1) is 11.0. The fraction of sp³-hybridized carbons (Fsp3) is 0.0588. The summed E-state index contributed by atoms with van der Waals surface area (Å²) in [5.74, 6) is -0.551. The van der Waals surface area contributed by atoms with Crippen LogP contribution in [0.25, 0.3) is 6.08 Å². The van der Waals surface area contributed by atoms with E-state index in [2.05, 4.69) is 5.32 Å². The van der Waals surface area contributed by atoms with Crippen LogP contribution in [0.2, 0.25) is 0 Å². The summed E-state index contributed by atoms with van der Waals surface area (Å²) in [5, 5.41) is 30.8. The molecule has 2 aromatic rings. The number of phenolic OH excluding ortho intramolecular Hbond substituents is 2. The highest BCUT2D eigenvalue weighted by atomic mass is 16.5. The molecule has 23 heavy (non-hydrogen) atoms. The van der Waals surface area contributed by atoms with Crippen molar-refractivity contribution in [3.8, 4) is 23.3 Å². The van der Waals surface area contributed by atoms with Gasteiger partial charge in [-0.15, -0.1) is 0 Å². The van der Waals surface area contributed by atoms with Gasteiger partial charge in [0.05, 0.1) is 12.8 Å². The van der Waals surface area contributed by atoms with Crippen LogP contribution in [0, 0.1) is 11.3 Å². The molecule has 1 amide bonds. The molecule has 3 N–H and O–H groups in total. The second-order valence-corrected chi connectivity index (χ2v) is 4.57. The zero-order valence-corrected chi connectivity index (χ0v) is 12.3. The number of hydrogen-bond acceptors (Lipinski definition) is 5. The Morgan fingerprint density at radius 1 is 1.22 bits per heavy atom. The van der Waals surface area contributed by atoms with Gasteiger partial charge < -0.3 is 20.3 Å². The Morgan fingerprint density at radius 2 is 1.96 bits per heavy atom. The number of amides is 1. The Labute approximate surface area is 132 Å². The van der Waals surface area contributed by atoms with Gasteiger partial charge in [0.15, 0.2) is 11.5 Å². The minimum absolute atomic E-state index is 0.0400. The van der Waals surface area contributed by atoms with Gasteiger partial charge >= 0.3 is 0 Å². The molecule has 0 fully saturated rings. The van der Waals surface area contributed by atoms with E-state index in [4.69, 9.17) is 10.00 Å². The van der Waals surface area contributed by atoms with Gasteiger partial charge in [-0.25, -0.2) is 0 Å². The molecule has 0 saturated carbocycles. The first-order valence-corrected chi connectivity index (χ1v) is 6.63. The second-order valence-electron chi connectivity index (χ2n) is 4.57. The van der Waals surface area contributed by atoms with Crippen LogP contribution in [0.15, 0.2) is 48.0 Å². The number of anilines is 1. The monoisotopic (exact) mass is 310 g/mol. The first-order valence-electron chi connectivity index (χ1n) is 6.63. The Balaban J connectivity index is 2.27. The molecule has 6 heteroatoms. The molecule has 0 aliphatic rings. The summed E-state index contributed by atoms with van der Waals surface area (Å²) in [6.07, 6.45) is 1.36. The van der Waals surface area contributed by atoms with Crippen LogP contribution in [-0.2, 0) is 4.79 Å². The third kappa shape index (κ3) is 3.80. The average molecular weight is 310 g/mol. The molecular weight excluding hydrogens is 296 g/mol. The fourth-order valence-electron chi connectivity index (χ4n) is 1.87. The molecular formula is C17H14N2O4. The van der Waals surface area contributed by atoms with Crippen molar-refractivity contribution in [2.45, 2.75) is 0 Å². The second kappa shape index (κ2) is 7.00. The van der Waals surface area contributed by atoms with Crippen LogP contribution in [0.3, 0.4) is 0 Å². The van der Waals surface area contributed by atoms with Crippen molar-refractivity contribution in [2.24, 2.45) is 0 Å². The Hall–Kier alpha value is -3.46. The lowest BCUT2D eigenvalue weighted by molar-refractivity contribution is -0.112. The topological polar surface area (TPSA) is 103 Å². The van der Waals surface area contributed by atoms with E-state index >= 15 is 0 Å². The van der Waals surface area contributed by atoms with E-state index in [1.165, 1.54) is 37.5 Å². The number of para-hydroxylation sites is 2. The van der Waals surface area contributed by atoms with Crippen LogP contribution in [0.5, 0.6) is 17.2 Å². The van der Waals surface area contributed by atoms with Crippen molar-refractivity contribution in [1.82, 2.24) is 0 Å². The van der Waals surface area contributed by atoms with Crippen LogP contribution in [0.4, 0.5) is 5.69 Å². The van der Waals surface area contributed by atoms with Gasteiger partial charge in [0, 0.05) is 0 Å². The molecule has 0 aliphatic heterocycles. The number of rotatable bonds is 4. The highest BCUT2D eigenvalue weighted by Gasteiger charge is 2.12. The third-order valence-corrected chi connectivity index (χ3v) is 3.03. The number of carbonyl (C=O) groups excluding carboxylic acids is 1. The van der Waals surface area contributed by atoms with Crippen LogP contribution >= 0.6 is 0 Å². The molecule has 0 heterocycles. The summed E-state index contributed by atoms with van der Waals surface area (Å²) in [4.78, 5) is 12.1. The lowest BCUT2D eigenvalue weighted by Crippen LogP contribution is -2.13. The van der Waals surface area contributed by atoms with E-state index in [9.17, 15) is 15.0 Å². The molecule has 0 spiro atoms. The maximum Gasteiger partial charge on any atom is 0.266 e. The molecule has 0 atom stereocenters. The summed E-state index contributed by atoms with van der Waals surface area (Å²) in [6, 6.07) is 12.5. The molecule has 0 aromatic heterocycles. The molecule has 116 valence electrons. The van der Waals surface area contributed by atoms with Crippen molar-refractivity contribution in [1.29, 1.82) is 5.26 Å². The number of benzene rings is 2. The number of nitriles is 1. The largest absolute Gasteiger partial charge is 0.506 e. The van der Waals surface area contributed by atoms with Gasteiger partial charge in [-0.05, 0) is 35.9 Å². The number of nitrogens with zero attached hydrogens (tertiary/aromatic N) is 1. The number of nitrogens with one attached hydrogen (secondary N) is 1. The van der Waals surface area contributed by atoms with Gasteiger partial charge in [-0.1, -0.05) is 18.2 Å². The molecule has 0 saturated heterocycles. The first kappa shape index (κ1) is 15.9. The van der Waals surface area contributed by atoms with Crippen molar-refractivity contribution < 1.29 is 19.7 Å². The lowest BCUT2D eigenvalue weighted by Gasteiger charge is -2.07. The maximum atomic E-state index is 12.1. The standard InChI is InChI=1S/C17H14N2O4/c1-23-16-9-11(6-7-15(16)21)8-12(10-18)17(22)19-13-4-2-3-5-14(13)20/h2-9,20-21H,1H3,(H,19,22). The molecule has 0 radical (unpaired) electrons. The minimum Gasteiger partial charge on any atom is -0.506 e. The summed E-state index contributed by atoms with van der Waals surface area (Å²) < 4.78 is 4.98. The summed E-state index contributed by atoms with van der Waals surface area (Å²) in [6.45, 7) is 0. The summed E-state index contributed by atoms with van der Waals surface area (Å²) in [7, 11) is 1.40. The predicted octanol–water partition coefficient (Wildman–Crippen LogP) is 2.65. The molecule has 2 aromatic carbocycles.